The van der Waals surface area contributed by atoms with Crippen molar-refractivity contribution in [1.82, 2.24) is 4.98 Å². The van der Waals surface area contributed by atoms with E-state index in [0.717, 1.165) is 11.4 Å². The monoisotopic (exact) mass is 345 g/mol. The molecule has 0 saturated carbocycles. The summed E-state index contributed by atoms with van der Waals surface area (Å²) in [4.78, 5) is 32.4. The fourth-order valence-electron chi connectivity index (χ4n) is 2.55. The van der Waals surface area contributed by atoms with E-state index in [1.54, 1.807) is 31.1 Å². The van der Waals surface area contributed by atoms with Crippen LogP contribution in [-0.2, 0) is 0 Å². The van der Waals surface area contributed by atoms with Crippen LogP contribution in [0.2, 0.25) is 0 Å². The third-order valence-corrected chi connectivity index (χ3v) is 4.13. The third-order valence-electron chi connectivity index (χ3n) is 4.13. The van der Waals surface area contributed by atoms with Gasteiger partial charge in [-0.3, -0.25) is 14.6 Å². The Hall–Kier alpha value is -3.47. The second-order valence-corrected chi connectivity index (χ2v) is 5.83. The van der Waals surface area contributed by atoms with Gasteiger partial charge in [-0.05, 0) is 36.4 Å². The Balaban J connectivity index is 1.76. The minimum absolute atomic E-state index is 0.181. The summed E-state index contributed by atoms with van der Waals surface area (Å²) in [6.07, 6.45) is 1.44. The average molecular weight is 345 g/mol. The lowest BCUT2D eigenvalue weighted by Gasteiger charge is -2.18. The molecule has 0 aliphatic carbocycles. The lowest BCUT2D eigenvalue weighted by molar-refractivity contribution is 0.0977. The van der Waals surface area contributed by atoms with Crippen LogP contribution in [0.1, 0.15) is 20.8 Å². The third kappa shape index (κ3) is 3.62. The molecule has 1 heterocycles. The van der Waals surface area contributed by atoms with Crippen LogP contribution < -0.4 is 9.80 Å². The number of carbonyl (C=O) groups excluding carboxylic acids is 2. The Morgan fingerprint density at radius 1 is 0.692 bits per heavy atom. The van der Waals surface area contributed by atoms with Crippen molar-refractivity contribution in [3.8, 4) is 0 Å². The summed E-state index contributed by atoms with van der Waals surface area (Å²) < 4.78 is 0. The number of rotatable bonds is 4. The van der Waals surface area contributed by atoms with Crippen LogP contribution in [0, 0.1) is 0 Å². The summed E-state index contributed by atoms with van der Waals surface area (Å²) in [7, 11) is 3.40. The fraction of sp³-hybridized carbons (Fsp3) is 0.0952. The van der Waals surface area contributed by atoms with Gasteiger partial charge >= 0.3 is 0 Å². The molecule has 130 valence electrons. The molecule has 0 aliphatic rings. The molecule has 26 heavy (non-hydrogen) atoms. The Kier molecular flexibility index (Phi) is 5.08. The van der Waals surface area contributed by atoms with Gasteiger partial charge in [-0.25, -0.2) is 0 Å². The van der Waals surface area contributed by atoms with Crippen LogP contribution in [0.3, 0.4) is 0 Å². The largest absolute Gasteiger partial charge is 0.311 e. The highest BCUT2D eigenvalue weighted by molar-refractivity contribution is 6.07. The van der Waals surface area contributed by atoms with Gasteiger partial charge in [0.1, 0.15) is 5.69 Å². The number of anilines is 2. The first-order chi connectivity index (χ1) is 12.6. The zero-order chi connectivity index (χ0) is 18.5. The highest BCUT2D eigenvalue weighted by atomic mass is 16.2. The van der Waals surface area contributed by atoms with Crippen molar-refractivity contribution in [1.29, 1.82) is 0 Å². The standard InChI is InChI=1S/C21H19N3O2/c1-23(17-9-5-3-6-10-17)20(25)16-13-14-19(22-15-16)21(26)24(2)18-11-7-4-8-12-18/h3-15H,1-2H3. The number of aromatic nitrogens is 1. The highest BCUT2D eigenvalue weighted by Crippen LogP contribution is 2.16. The van der Waals surface area contributed by atoms with Crippen molar-refractivity contribution >= 4 is 23.2 Å². The van der Waals surface area contributed by atoms with Crippen molar-refractivity contribution in [2.75, 3.05) is 23.9 Å². The molecule has 0 aliphatic heterocycles. The fourth-order valence-corrected chi connectivity index (χ4v) is 2.55. The van der Waals surface area contributed by atoms with Crippen molar-refractivity contribution in [2.45, 2.75) is 0 Å². The van der Waals surface area contributed by atoms with Crippen LogP contribution in [0.5, 0.6) is 0 Å². The van der Waals surface area contributed by atoms with Gasteiger partial charge in [0.05, 0.1) is 5.56 Å². The summed E-state index contributed by atoms with van der Waals surface area (Å²) in [5.41, 5.74) is 2.29. The number of hydrogen-bond donors (Lipinski definition) is 0. The molecule has 0 bridgehead atoms. The maximum atomic E-state index is 12.6. The summed E-state index contributed by atoms with van der Waals surface area (Å²) in [6.45, 7) is 0. The van der Waals surface area contributed by atoms with Gasteiger partial charge in [0.15, 0.2) is 0 Å². The zero-order valence-electron chi connectivity index (χ0n) is 14.7. The van der Waals surface area contributed by atoms with Gasteiger partial charge in [0.2, 0.25) is 0 Å². The molecule has 2 aromatic carbocycles. The van der Waals surface area contributed by atoms with Crippen molar-refractivity contribution in [3.63, 3.8) is 0 Å². The van der Waals surface area contributed by atoms with Crippen LogP contribution in [-0.4, -0.2) is 30.9 Å². The predicted molar refractivity (Wildman–Crippen MR) is 103 cm³/mol. The van der Waals surface area contributed by atoms with E-state index < -0.39 is 0 Å². The summed E-state index contributed by atoms with van der Waals surface area (Å²) in [5.74, 6) is -0.411. The first-order valence-corrected chi connectivity index (χ1v) is 8.20. The molecule has 3 aromatic rings. The second-order valence-electron chi connectivity index (χ2n) is 5.83. The van der Waals surface area contributed by atoms with Gasteiger partial charge < -0.3 is 9.80 Å². The van der Waals surface area contributed by atoms with E-state index in [1.807, 2.05) is 60.7 Å². The molecule has 0 atom stereocenters. The molecular weight excluding hydrogens is 326 g/mol. The highest BCUT2D eigenvalue weighted by Gasteiger charge is 2.17. The number of nitrogens with zero attached hydrogens (tertiary/aromatic N) is 3. The van der Waals surface area contributed by atoms with E-state index in [0.29, 0.717) is 5.56 Å². The predicted octanol–water partition coefficient (Wildman–Crippen LogP) is 3.63. The summed E-state index contributed by atoms with van der Waals surface area (Å²) in [5, 5.41) is 0. The molecule has 0 spiro atoms. The molecule has 0 N–H and O–H groups in total. The van der Waals surface area contributed by atoms with Gasteiger partial charge in [-0.2, -0.15) is 0 Å². The van der Waals surface area contributed by atoms with Crippen molar-refractivity contribution < 1.29 is 9.59 Å². The van der Waals surface area contributed by atoms with E-state index in [2.05, 4.69) is 4.98 Å². The van der Waals surface area contributed by atoms with Crippen LogP contribution in [0.4, 0.5) is 11.4 Å². The van der Waals surface area contributed by atoms with Crippen LogP contribution in [0.15, 0.2) is 79.0 Å². The smallest absolute Gasteiger partial charge is 0.276 e. The summed E-state index contributed by atoms with van der Waals surface area (Å²) in [6, 6.07) is 21.9. The van der Waals surface area contributed by atoms with Gasteiger partial charge in [-0.15, -0.1) is 0 Å². The SMILES string of the molecule is CN(C(=O)c1ccc(C(=O)N(C)c2ccccc2)nc1)c1ccccc1. The topological polar surface area (TPSA) is 53.5 Å². The molecule has 0 fully saturated rings. The van der Waals surface area contributed by atoms with Crippen LogP contribution in [0.25, 0.3) is 0 Å². The number of hydrogen-bond acceptors (Lipinski definition) is 3. The van der Waals surface area contributed by atoms with Gasteiger partial charge in [-0.1, -0.05) is 36.4 Å². The van der Waals surface area contributed by atoms with E-state index in [4.69, 9.17) is 0 Å². The molecule has 2 amide bonds. The Morgan fingerprint density at radius 3 is 1.65 bits per heavy atom. The Bertz CT molecular complexity index is 817. The molecule has 0 unspecified atom stereocenters. The molecular formula is C21H19N3O2. The molecule has 0 radical (unpaired) electrons. The van der Waals surface area contributed by atoms with Crippen LogP contribution >= 0.6 is 0 Å². The Morgan fingerprint density at radius 2 is 1.19 bits per heavy atom. The van der Waals surface area contributed by atoms with Gasteiger partial charge in [0.25, 0.3) is 11.8 Å². The number of pyridine rings is 1. The molecule has 3 rings (SSSR count). The van der Waals surface area contributed by atoms with E-state index in [9.17, 15) is 9.59 Å². The normalized spacial score (nSPS) is 10.2. The average Bonchev–Trinajstić information content (AvgIpc) is 2.73. The molecule has 0 saturated heterocycles. The minimum atomic E-state index is -0.230. The van der Waals surface area contributed by atoms with E-state index in [-0.39, 0.29) is 17.5 Å². The quantitative estimate of drug-likeness (QED) is 0.725. The minimum Gasteiger partial charge on any atom is -0.311 e. The molecule has 5 nitrogen and oxygen atoms in total. The first kappa shape index (κ1) is 17.4. The lowest BCUT2D eigenvalue weighted by atomic mass is 10.2. The number of benzene rings is 2. The maximum Gasteiger partial charge on any atom is 0.276 e. The van der Waals surface area contributed by atoms with E-state index >= 15 is 0 Å². The number of carbonyl (C=O) groups is 2. The molecule has 5 heteroatoms. The number of amides is 2. The van der Waals surface area contributed by atoms with E-state index in [1.165, 1.54) is 11.1 Å². The lowest BCUT2D eigenvalue weighted by Crippen LogP contribution is -2.28. The Labute approximate surface area is 152 Å². The van der Waals surface area contributed by atoms with Crippen molar-refractivity contribution in [3.05, 3.63) is 90.3 Å². The van der Waals surface area contributed by atoms with Gasteiger partial charge in [0, 0.05) is 31.7 Å². The maximum absolute atomic E-state index is 12.6. The molecule has 1 aromatic heterocycles. The summed E-state index contributed by atoms with van der Waals surface area (Å²) >= 11 is 0. The number of para-hydroxylation sites is 2. The first-order valence-electron chi connectivity index (χ1n) is 8.20. The van der Waals surface area contributed by atoms with Crippen molar-refractivity contribution in [2.24, 2.45) is 0 Å². The second kappa shape index (κ2) is 7.61. The zero-order valence-corrected chi connectivity index (χ0v) is 14.7.